The number of rotatable bonds is 1. The van der Waals surface area contributed by atoms with Crippen LogP contribution in [0.5, 0.6) is 0 Å². The Morgan fingerprint density at radius 3 is 3.07 bits per heavy atom. The van der Waals surface area contributed by atoms with E-state index in [9.17, 15) is 4.79 Å². The summed E-state index contributed by atoms with van der Waals surface area (Å²) >= 11 is 1.55. The predicted molar refractivity (Wildman–Crippen MR) is 56.4 cm³/mol. The van der Waals surface area contributed by atoms with Gasteiger partial charge < -0.3 is 10.4 Å². The summed E-state index contributed by atoms with van der Waals surface area (Å²) in [5.74, 6) is -0.0264. The molecule has 0 radical (unpaired) electrons. The van der Waals surface area contributed by atoms with E-state index in [4.69, 9.17) is 5.11 Å². The SMILES string of the molecule is O=C1CC(CO)Sc2ccccc2N1. The van der Waals surface area contributed by atoms with Gasteiger partial charge in [0.05, 0.1) is 12.3 Å². The van der Waals surface area contributed by atoms with Crippen LogP contribution in [0, 0.1) is 0 Å². The van der Waals surface area contributed by atoms with E-state index in [-0.39, 0.29) is 17.8 Å². The van der Waals surface area contributed by atoms with Crippen molar-refractivity contribution in [3.63, 3.8) is 0 Å². The molecule has 0 aliphatic carbocycles. The molecule has 0 bridgehead atoms. The number of carbonyl (C=O) groups excluding carboxylic acids is 1. The molecular weight excluding hydrogens is 198 g/mol. The van der Waals surface area contributed by atoms with Crippen LogP contribution in [-0.2, 0) is 4.79 Å². The number of aliphatic hydroxyl groups is 1. The van der Waals surface area contributed by atoms with Crippen molar-refractivity contribution in [2.24, 2.45) is 0 Å². The molecule has 1 heterocycles. The van der Waals surface area contributed by atoms with Crippen LogP contribution in [0.4, 0.5) is 5.69 Å². The van der Waals surface area contributed by atoms with Crippen molar-refractivity contribution >= 4 is 23.4 Å². The smallest absolute Gasteiger partial charge is 0.225 e. The van der Waals surface area contributed by atoms with Gasteiger partial charge in [-0.15, -0.1) is 11.8 Å². The summed E-state index contributed by atoms with van der Waals surface area (Å²) in [6, 6.07) is 7.64. The minimum absolute atomic E-state index is 0.0264. The highest BCUT2D eigenvalue weighted by Crippen LogP contribution is 2.34. The van der Waals surface area contributed by atoms with Gasteiger partial charge in [-0.05, 0) is 12.1 Å². The number of para-hydroxylation sites is 1. The summed E-state index contributed by atoms with van der Waals surface area (Å²) in [6.45, 7) is 0.0341. The van der Waals surface area contributed by atoms with Crippen molar-refractivity contribution in [2.45, 2.75) is 16.6 Å². The molecule has 4 heteroatoms. The number of anilines is 1. The van der Waals surface area contributed by atoms with Crippen LogP contribution in [0.2, 0.25) is 0 Å². The molecule has 2 N–H and O–H groups in total. The van der Waals surface area contributed by atoms with Gasteiger partial charge in [0.1, 0.15) is 0 Å². The van der Waals surface area contributed by atoms with Crippen LogP contribution < -0.4 is 5.32 Å². The Morgan fingerprint density at radius 2 is 2.29 bits per heavy atom. The molecule has 0 fully saturated rings. The average Bonchev–Trinajstić information content (AvgIpc) is 2.35. The molecule has 1 aromatic carbocycles. The molecule has 14 heavy (non-hydrogen) atoms. The van der Waals surface area contributed by atoms with Gasteiger partial charge in [0.15, 0.2) is 0 Å². The molecule has 74 valence electrons. The molecule has 1 aromatic rings. The Kier molecular flexibility index (Phi) is 2.74. The second-order valence-corrected chi connectivity index (χ2v) is 4.51. The fourth-order valence-electron chi connectivity index (χ4n) is 1.40. The van der Waals surface area contributed by atoms with Gasteiger partial charge in [-0.3, -0.25) is 4.79 Å². The lowest BCUT2D eigenvalue weighted by Crippen LogP contribution is -2.17. The van der Waals surface area contributed by atoms with Crippen LogP contribution in [0.1, 0.15) is 6.42 Å². The highest BCUT2D eigenvalue weighted by molar-refractivity contribution is 8.00. The highest BCUT2D eigenvalue weighted by atomic mass is 32.2. The van der Waals surface area contributed by atoms with Crippen LogP contribution >= 0.6 is 11.8 Å². The Balaban J connectivity index is 2.32. The van der Waals surface area contributed by atoms with Crippen molar-refractivity contribution in [1.82, 2.24) is 0 Å². The number of aliphatic hydroxyl groups excluding tert-OH is 1. The number of thioether (sulfide) groups is 1. The topological polar surface area (TPSA) is 49.3 Å². The Labute approximate surface area is 86.5 Å². The third kappa shape index (κ3) is 1.91. The third-order valence-corrected chi connectivity index (χ3v) is 3.33. The maximum Gasteiger partial charge on any atom is 0.225 e. The molecule has 1 unspecified atom stereocenters. The van der Waals surface area contributed by atoms with E-state index in [2.05, 4.69) is 5.32 Å². The van der Waals surface area contributed by atoms with E-state index in [0.29, 0.717) is 6.42 Å². The summed E-state index contributed by atoms with van der Waals surface area (Å²) in [5.41, 5.74) is 0.846. The molecule has 0 saturated carbocycles. The molecule has 0 spiro atoms. The summed E-state index contributed by atoms with van der Waals surface area (Å²) < 4.78 is 0. The van der Waals surface area contributed by atoms with E-state index in [0.717, 1.165) is 10.6 Å². The first kappa shape index (κ1) is 9.55. The minimum Gasteiger partial charge on any atom is -0.395 e. The van der Waals surface area contributed by atoms with Crippen LogP contribution in [0.15, 0.2) is 29.2 Å². The Morgan fingerprint density at radius 1 is 1.50 bits per heavy atom. The number of fused-ring (bicyclic) bond motifs is 1. The number of benzene rings is 1. The maximum absolute atomic E-state index is 11.4. The van der Waals surface area contributed by atoms with Gasteiger partial charge in [-0.1, -0.05) is 12.1 Å². The third-order valence-electron chi connectivity index (χ3n) is 2.07. The fourth-order valence-corrected chi connectivity index (χ4v) is 2.48. The zero-order valence-electron chi connectivity index (χ0n) is 7.56. The first-order valence-electron chi connectivity index (χ1n) is 4.46. The molecule has 0 saturated heterocycles. The first-order valence-corrected chi connectivity index (χ1v) is 5.34. The highest BCUT2D eigenvalue weighted by Gasteiger charge is 2.20. The standard InChI is InChI=1S/C10H11NO2S/c12-6-7-5-10(13)11-8-3-1-2-4-9(8)14-7/h1-4,7,12H,5-6H2,(H,11,13). The number of amides is 1. The second-order valence-electron chi connectivity index (χ2n) is 3.17. The van der Waals surface area contributed by atoms with E-state index in [1.165, 1.54) is 0 Å². The van der Waals surface area contributed by atoms with E-state index >= 15 is 0 Å². The molecule has 1 amide bonds. The van der Waals surface area contributed by atoms with Crippen LogP contribution in [-0.4, -0.2) is 22.9 Å². The maximum atomic E-state index is 11.4. The molecule has 0 aromatic heterocycles. The summed E-state index contributed by atoms with van der Waals surface area (Å²) in [7, 11) is 0. The minimum atomic E-state index is -0.0290. The molecular formula is C10H11NO2S. The zero-order valence-corrected chi connectivity index (χ0v) is 8.38. The van der Waals surface area contributed by atoms with Gasteiger partial charge >= 0.3 is 0 Å². The summed E-state index contributed by atoms with van der Waals surface area (Å²) in [4.78, 5) is 12.4. The number of hydrogen-bond acceptors (Lipinski definition) is 3. The monoisotopic (exact) mass is 209 g/mol. The Bertz CT molecular complexity index is 354. The van der Waals surface area contributed by atoms with Crippen molar-refractivity contribution in [3.05, 3.63) is 24.3 Å². The second kappa shape index (κ2) is 4.02. The predicted octanol–water partition coefficient (Wildman–Crippen LogP) is 1.48. The van der Waals surface area contributed by atoms with Crippen molar-refractivity contribution in [3.8, 4) is 0 Å². The average molecular weight is 209 g/mol. The largest absolute Gasteiger partial charge is 0.395 e. The van der Waals surface area contributed by atoms with Crippen molar-refractivity contribution < 1.29 is 9.90 Å². The van der Waals surface area contributed by atoms with Gasteiger partial charge in [0, 0.05) is 16.6 Å². The lowest BCUT2D eigenvalue weighted by atomic mass is 10.3. The molecule has 1 atom stereocenters. The zero-order chi connectivity index (χ0) is 9.97. The van der Waals surface area contributed by atoms with Gasteiger partial charge in [0.25, 0.3) is 0 Å². The summed E-state index contributed by atoms with van der Waals surface area (Å²) in [6.07, 6.45) is 0.371. The Hall–Kier alpha value is -1.00. The van der Waals surface area contributed by atoms with Crippen molar-refractivity contribution in [2.75, 3.05) is 11.9 Å². The van der Waals surface area contributed by atoms with Crippen LogP contribution in [0.3, 0.4) is 0 Å². The molecule has 3 nitrogen and oxygen atoms in total. The van der Waals surface area contributed by atoms with Crippen LogP contribution in [0.25, 0.3) is 0 Å². The van der Waals surface area contributed by atoms with E-state index in [1.807, 2.05) is 24.3 Å². The molecule has 2 rings (SSSR count). The van der Waals surface area contributed by atoms with Gasteiger partial charge in [-0.25, -0.2) is 0 Å². The van der Waals surface area contributed by atoms with Gasteiger partial charge in [-0.2, -0.15) is 0 Å². The molecule has 1 aliphatic heterocycles. The quantitative estimate of drug-likeness (QED) is 0.736. The molecule has 1 aliphatic rings. The van der Waals surface area contributed by atoms with Gasteiger partial charge in [0.2, 0.25) is 5.91 Å². The lowest BCUT2D eigenvalue weighted by Gasteiger charge is -2.08. The normalized spacial score (nSPS) is 20.9. The van der Waals surface area contributed by atoms with Crippen molar-refractivity contribution in [1.29, 1.82) is 0 Å². The first-order chi connectivity index (χ1) is 6.79. The summed E-state index contributed by atoms with van der Waals surface area (Å²) in [5, 5.41) is 11.8. The number of carbonyl (C=O) groups is 1. The van der Waals surface area contributed by atoms with E-state index < -0.39 is 0 Å². The number of nitrogens with one attached hydrogen (secondary N) is 1. The number of hydrogen-bond donors (Lipinski definition) is 2. The fraction of sp³-hybridized carbons (Fsp3) is 0.300. The van der Waals surface area contributed by atoms with E-state index in [1.54, 1.807) is 11.8 Å². The lowest BCUT2D eigenvalue weighted by molar-refractivity contribution is -0.116.